The van der Waals surface area contributed by atoms with E-state index < -0.39 is 0 Å². The maximum Gasteiger partial charge on any atom is 0.119 e. The van der Waals surface area contributed by atoms with Crippen LogP contribution in [0.15, 0.2) is 0 Å². The van der Waals surface area contributed by atoms with E-state index in [2.05, 4.69) is 36.3 Å². The molecule has 0 aliphatic carbocycles. The zero-order valence-corrected chi connectivity index (χ0v) is 12.6. The minimum absolute atomic E-state index is 0.700. The molecule has 0 radical (unpaired) electrons. The van der Waals surface area contributed by atoms with E-state index in [0.717, 1.165) is 55.6 Å². The molecule has 1 heterocycles. The Labute approximate surface area is 114 Å². The molecule has 0 aliphatic rings. The van der Waals surface area contributed by atoms with Crippen molar-refractivity contribution in [1.82, 2.24) is 15.5 Å². The first kappa shape index (κ1) is 15.5. The molecule has 0 amide bonds. The number of hydrogen-bond acceptors (Lipinski definition) is 5. The molecule has 1 aromatic rings. The van der Waals surface area contributed by atoms with Gasteiger partial charge in [-0.05, 0) is 18.9 Å². The molecule has 0 fully saturated rings. The molecule has 1 N–H and O–H groups in total. The number of nitrogens with one attached hydrogen (secondary N) is 1. The van der Waals surface area contributed by atoms with Gasteiger partial charge >= 0.3 is 0 Å². The Bertz CT molecular complexity index is 315. The maximum atomic E-state index is 5.45. The van der Waals surface area contributed by atoms with Crippen molar-refractivity contribution in [3.8, 4) is 0 Å². The van der Waals surface area contributed by atoms with Crippen molar-refractivity contribution in [2.45, 2.75) is 40.0 Å². The van der Waals surface area contributed by atoms with Gasteiger partial charge in [-0.2, -0.15) is 0 Å². The fourth-order valence-electron chi connectivity index (χ4n) is 1.48. The molecule has 0 aliphatic heterocycles. The van der Waals surface area contributed by atoms with Gasteiger partial charge in [0.05, 0.1) is 6.61 Å². The van der Waals surface area contributed by atoms with Crippen LogP contribution in [0.5, 0.6) is 0 Å². The van der Waals surface area contributed by atoms with Crippen LogP contribution in [0.4, 0.5) is 0 Å². The van der Waals surface area contributed by atoms with Gasteiger partial charge in [-0.15, -0.1) is 21.5 Å². The van der Waals surface area contributed by atoms with Gasteiger partial charge in [-0.25, -0.2) is 0 Å². The van der Waals surface area contributed by atoms with E-state index in [9.17, 15) is 0 Å². The topological polar surface area (TPSA) is 47.0 Å². The number of aromatic nitrogens is 2. The molecule has 5 heteroatoms. The van der Waals surface area contributed by atoms with Crippen molar-refractivity contribution < 1.29 is 4.74 Å². The van der Waals surface area contributed by atoms with Crippen molar-refractivity contribution in [3.05, 3.63) is 10.0 Å². The van der Waals surface area contributed by atoms with E-state index >= 15 is 0 Å². The van der Waals surface area contributed by atoms with Crippen molar-refractivity contribution in [2.24, 2.45) is 5.92 Å². The lowest BCUT2D eigenvalue weighted by Crippen LogP contribution is -2.22. The summed E-state index contributed by atoms with van der Waals surface area (Å²) in [7, 11) is 0. The number of nitrogens with zero attached hydrogens (tertiary/aromatic N) is 2. The molecular weight excluding hydrogens is 246 g/mol. The second-order valence-corrected chi connectivity index (χ2v) is 5.95. The molecule has 4 nitrogen and oxygen atoms in total. The molecular formula is C13H25N3OS. The van der Waals surface area contributed by atoms with Crippen molar-refractivity contribution in [3.63, 3.8) is 0 Å². The van der Waals surface area contributed by atoms with E-state index in [-0.39, 0.29) is 0 Å². The van der Waals surface area contributed by atoms with Crippen LogP contribution in [0.2, 0.25) is 0 Å². The van der Waals surface area contributed by atoms with E-state index in [0.29, 0.717) is 5.92 Å². The highest BCUT2D eigenvalue weighted by molar-refractivity contribution is 7.11. The van der Waals surface area contributed by atoms with E-state index in [1.165, 1.54) is 0 Å². The van der Waals surface area contributed by atoms with E-state index in [1.54, 1.807) is 11.3 Å². The zero-order chi connectivity index (χ0) is 13.2. The lowest BCUT2D eigenvalue weighted by atomic mass is 10.2. The Hall–Kier alpha value is -0.520. The van der Waals surface area contributed by atoms with Gasteiger partial charge in [0.25, 0.3) is 0 Å². The van der Waals surface area contributed by atoms with Crippen molar-refractivity contribution >= 4 is 11.3 Å². The van der Waals surface area contributed by atoms with Gasteiger partial charge in [-0.1, -0.05) is 20.8 Å². The predicted octanol–water partition coefficient (Wildman–Crippen LogP) is 2.30. The SMILES string of the molecule is CCCOCCc1nnc(CCNCC(C)C)s1. The average Bonchev–Trinajstić information content (AvgIpc) is 2.78. The quantitative estimate of drug-likeness (QED) is 0.663. The summed E-state index contributed by atoms with van der Waals surface area (Å²) in [4.78, 5) is 0. The van der Waals surface area contributed by atoms with Crippen LogP contribution in [-0.4, -0.2) is 36.5 Å². The fraction of sp³-hybridized carbons (Fsp3) is 0.846. The summed E-state index contributed by atoms with van der Waals surface area (Å²) in [6.07, 6.45) is 2.93. The second-order valence-electron chi connectivity index (χ2n) is 4.80. The predicted molar refractivity (Wildman–Crippen MR) is 76.1 cm³/mol. The molecule has 0 aromatic carbocycles. The molecule has 1 aromatic heterocycles. The molecule has 0 atom stereocenters. The first-order valence-electron chi connectivity index (χ1n) is 6.82. The van der Waals surface area contributed by atoms with Gasteiger partial charge in [0.2, 0.25) is 0 Å². The molecule has 0 spiro atoms. The zero-order valence-electron chi connectivity index (χ0n) is 11.7. The summed E-state index contributed by atoms with van der Waals surface area (Å²) < 4.78 is 5.45. The van der Waals surface area contributed by atoms with Crippen LogP contribution in [0, 0.1) is 5.92 Å². The standard InChI is InChI=1S/C13H25N3OS/c1-4-8-17-9-6-13-16-15-12(18-13)5-7-14-10-11(2)3/h11,14H,4-10H2,1-3H3. The summed E-state index contributed by atoms with van der Waals surface area (Å²) in [6.45, 7) is 10.2. The number of ether oxygens (including phenoxy) is 1. The monoisotopic (exact) mass is 271 g/mol. The van der Waals surface area contributed by atoms with Gasteiger partial charge in [0, 0.05) is 26.0 Å². The summed E-state index contributed by atoms with van der Waals surface area (Å²) in [5.41, 5.74) is 0. The molecule has 0 saturated carbocycles. The largest absolute Gasteiger partial charge is 0.381 e. The summed E-state index contributed by atoms with van der Waals surface area (Å²) in [5, 5.41) is 14.0. The van der Waals surface area contributed by atoms with Crippen LogP contribution in [0.3, 0.4) is 0 Å². The Morgan fingerprint density at radius 2 is 1.89 bits per heavy atom. The van der Waals surface area contributed by atoms with Crippen molar-refractivity contribution in [1.29, 1.82) is 0 Å². The first-order valence-corrected chi connectivity index (χ1v) is 7.63. The van der Waals surface area contributed by atoms with Crippen LogP contribution in [0.1, 0.15) is 37.2 Å². The Morgan fingerprint density at radius 1 is 1.17 bits per heavy atom. The number of hydrogen-bond donors (Lipinski definition) is 1. The summed E-state index contributed by atoms with van der Waals surface area (Å²) in [6, 6.07) is 0. The Morgan fingerprint density at radius 3 is 2.56 bits per heavy atom. The normalized spacial score (nSPS) is 11.3. The summed E-state index contributed by atoms with van der Waals surface area (Å²) >= 11 is 1.71. The van der Waals surface area contributed by atoms with Crippen LogP contribution >= 0.6 is 11.3 Å². The molecule has 0 bridgehead atoms. The first-order chi connectivity index (χ1) is 8.72. The Balaban J connectivity index is 2.13. The third-order valence-corrected chi connectivity index (χ3v) is 3.43. The lowest BCUT2D eigenvalue weighted by Gasteiger charge is -2.05. The third kappa shape index (κ3) is 7.03. The fourth-order valence-corrected chi connectivity index (χ4v) is 2.31. The van der Waals surface area contributed by atoms with Crippen LogP contribution in [0.25, 0.3) is 0 Å². The number of rotatable bonds is 10. The van der Waals surface area contributed by atoms with E-state index in [4.69, 9.17) is 4.74 Å². The van der Waals surface area contributed by atoms with Gasteiger partial charge < -0.3 is 10.1 Å². The molecule has 0 saturated heterocycles. The van der Waals surface area contributed by atoms with E-state index in [1.807, 2.05) is 0 Å². The molecule has 1 rings (SSSR count). The highest BCUT2D eigenvalue weighted by Crippen LogP contribution is 2.10. The van der Waals surface area contributed by atoms with Crippen molar-refractivity contribution in [2.75, 3.05) is 26.3 Å². The maximum absolute atomic E-state index is 5.45. The smallest absolute Gasteiger partial charge is 0.119 e. The van der Waals surface area contributed by atoms with Gasteiger partial charge in [0.1, 0.15) is 10.0 Å². The summed E-state index contributed by atoms with van der Waals surface area (Å²) in [5.74, 6) is 0.700. The minimum Gasteiger partial charge on any atom is -0.381 e. The second kappa shape index (κ2) is 9.42. The third-order valence-electron chi connectivity index (χ3n) is 2.39. The molecule has 104 valence electrons. The molecule has 0 unspecified atom stereocenters. The lowest BCUT2D eigenvalue weighted by molar-refractivity contribution is 0.138. The van der Waals surface area contributed by atoms with Gasteiger partial charge in [0.15, 0.2) is 0 Å². The molecule has 18 heavy (non-hydrogen) atoms. The van der Waals surface area contributed by atoms with Gasteiger partial charge in [-0.3, -0.25) is 0 Å². The highest BCUT2D eigenvalue weighted by Gasteiger charge is 2.04. The average molecular weight is 271 g/mol. The van der Waals surface area contributed by atoms with Crippen LogP contribution in [-0.2, 0) is 17.6 Å². The Kier molecular flexibility index (Phi) is 8.13. The van der Waals surface area contributed by atoms with Crippen LogP contribution < -0.4 is 5.32 Å². The minimum atomic E-state index is 0.700. The highest BCUT2D eigenvalue weighted by atomic mass is 32.1.